The summed E-state index contributed by atoms with van der Waals surface area (Å²) >= 11 is 0. The second kappa shape index (κ2) is 7.75. The van der Waals surface area contributed by atoms with Crippen LogP contribution in [0.25, 0.3) is 0 Å². The van der Waals surface area contributed by atoms with Crippen molar-refractivity contribution in [2.45, 2.75) is 39.0 Å². The molecule has 1 aromatic carbocycles. The van der Waals surface area contributed by atoms with Gasteiger partial charge in [0.25, 0.3) is 0 Å². The normalized spacial score (nSPS) is 18.8. The molecule has 1 aliphatic heterocycles. The van der Waals surface area contributed by atoms with Crippen molar-refractivity contribution in [1.82, 2.24) is 10.2 Å². The third kappa shape index (κ3) is 5.80. The van der Waals surface area contributed by atoms with E-state index in [4.69, 9.17) is 9.47 Å². The molecule has 0 aliphatic carbocycles. The summed E-state index contributed by atoms with van der Waals surface area (Å²) in [5, 5.41) is 3.29. The number of carbonyl (C=O) groups is 1. The first kappa shape index (κ1) is 17.7. The number of halogens is 1. The Morgan fingerprint density at radius 2 is 2.09 bits per heavy atom. The third-order valence-corrected chi connectivity index (χ3v) is 3.48. The second-order valence-electron chi connectivity index (χ2n) is 6.66. The maximum absolute atomic E-state index is 12.9. The van der Waals surface area contributed by atoms with Crippen LogP contribution in [0.4, 0.5) is 9.18 Å². The minimum atomic E-state index is -0.512. The van der Waals surface area contributed by atoms with Gasteiger partial charge in [0.1, 0.15) is 11.4 Å². The molecular weight excluding hydrogens is 299 g/mol. The van der Waals surface area contributed by atoms with E-state index in [0.29, 0.717) is 32.8 Å². The first-order valence-electron chi connectivity index (χ1n) is 7.88. The van der Waals surface area contributed by atoms with Gasteiger partial charge in [0.2, 0.25) is 0 Å². The first-order valence-corrected chi connectivity index (χ1v) is 7.88. The van der Waals surface area contributed by atoms with Gasteiger partial charge in [-0.15, -0.1) is 0 Å². The lowest BCUT2D eigenvalue weighted by Gasteiger charge is -2.36. The van der Waals surface area contributed by atoms with Crippen molar-refractivity contribution < 1.29 is 18.7 Å². The molecule has 2 rings (SSSR count). The van der Waals surface area contributed by atoms with Crippen LogP contribution < -0.4 is 5.32 Å². The van der Waals surface area contributed by atoms with Gasteiger partial charge in [-0.3, -0.25) is 4.90 Å². The second-order valence-corrected chi connectivity index (χ2v) is 6.66. The molecule has 128 valence electrons. The van der Waals surface area contributed by atoms with Crippen LogP contribution in [0.3, 0.4) is 0 Å². The molecule has 5 nitrogen and oxygen atoms in total. The van der Waals surface area contributed by atoms with E-state index < -0.39 is 5.60 Å². The number of nitrogens with one attached hydrogen (secondary N) is 1. The lowest BCUT2D eigenvalue weighted by Crippen LogP contribution is -2.54. The molecule has 1 heterocycles. The molecule has 1 unspecified atom stereocenters. The quantitative estimate of drug-likeness (QED) is 0.925. The van der Waals surface area contributed by atoms with Crippen LogP contribution in [0.2, 0.25) is 0 Å². The third-order valence-electron chi connectivity index (χ3n) is 3.48. The molecule has 0 bridgehead atoms. The van der Waals surface area contributed by atoms with Crippen LogP contribution in [0, 0.1) is 5.82 Å². The highest BCUT2D eigenvalue weighted by Gasteiger charge is 2.30. The molecule has 0 saturated carbocycles. The number of ether oxygens (including phenoxy) is 2. The van der Waals surface area contributed by atoms with E-state index in [1.165, 1.54) is 12.1 Å². The van der Waals surface area contributed by atoms with Crippen molar-refractivity contribution in [3.63, 3.8) is 0 Å². The molecule has 1 aliphatic rings. The molecule has 6 heteroatoms. The Labute approximate surface area is 136 Å². The number of morpholine rings is 1. The highest BCUT2D eigenvalue weighted by atomic mass is 19.1. The minimum Gasteiger partial charge on any atom is -0.444 e. The number of hydrogen-bond donors (Lipinski definition) is 1. The van der Waals surface area contributed by atoms with Crippen LogP contribution in [-0.2, 0) is 16.0 Å². The summed E-state index contributed by atoms with van der Waals surface area (Å²) in [4.78, 5) is 14.0. The molecule has 1 amide bonds. The van der Waals surface area contributed by atoms with Crippen molar-refractivity contribution >= 4 is 6.09 Å². The predicted molar refractivity (Wildman–Crippen MR) is 85.7 cm³/mol. The zero-order valence-corrected chi connectivity index (χ0v) is 14.0. The fourth-order valence-electron chi connectivity index (χ4n) is 2.37. The van der Waals surface area contributed by atoms with Crippen LogP contribution in [-0.4, -0.2) is 48.9 Å². The van der Waals surface area contributed by atoms with Crippen LogP contribution in [0.15, 0.2) is 24.3 Å². The Hall–Kier alpha value is -1.66. The fourth-order valence-corrected chi connectivity index (χ4v) is 2.37. The van der Waals surface area contributed by atoms with E-state index in [1.54, 1.807) is 17.0 Å². The lowest BCUT2D eigenvalue weighted by atomic mass is 10.2. The highest BCUT2D eigenvalue weighted by Crippen LogP contribution is 2.14. The van der Waals surface area contributed by atoms with Gasteiger partial charge in [0.05, 0.1) is 19.3 Å². The van der Waals surface area contributed by atoms with Crippen molar-refractivity contribution in [3.8, 4) is 0 Å². The smallest absolute Gasteiger partial charge is 0.410 e. The van der Waals surface area contributed by atoms with E-state index in [2.05, 4.69) is 5.32 Å². The number of carbonyl (C=O) groups excluding carboxylic acids is 1. The maximum atomic E-state index is 12.9. The molecule has 0 radical (unpaired) electrons. The average Bonchev–Trinajstić information content (AvgIpc) is 2.48. The summed E-state index contributed by atoms with van der Waals surface area (Å²) in [7, 11) is 0. The zero-order chi connectivity index (χ0) is 16.9. The van der Waals surface area contributed by atoms with E-state index in [9.17, 15) is 9.18 Å². The van der Waals surface area contributed by atoms with Gasteiger partial charge in [-0.05, 0) is 38.5 Å². The number of rotatable bonds is 4. The Balaban J connectivity index is 1.86. The monoisotopic (exact) mass is 324 g/mol. The number of benzene rings is 1. The summed E-state index contributed by atoms with van der Waals surface area (Å²) < 4.78 is 23.8. The van der Waals surface area contributed by atoms with Gasteiger partial charge in [-0.2, -0.15) is 0 Å². The average molecular weight is 324 g/mol. The molecule has 1 fully saturated rings. The van der Waals surface area contributed by atoms with Crippen LogP contribution in [0.5, 0.6) is 0 Å². The van der Waals surface area contributed by atoms with Crippen molar-refractivity contribution in [2.75, 3.05) is 26.3 Å². The van der Waals surface area contributed by atoms with Gasteiger partial charge in [0, 0.05) is 19.6 Å². The molecule has 0 spiro atoms. The van der Waals surface area contributed by atoms with Gasteiger partial charge in [-0.25, -0.2) is 9.18 Å². The number of amides is 1. The fraction of sp³-hybridized carbons (Fsp3) is 0.588. The summed E-state index contributed by atoms with van der Waals surface area (Å²) in [6, 6.07) is 6.29. The lowest BCUT2D eigenvalue weighted by molar-refractivity contribution is -0.0317. The van der Waals surface area contributed by atoms with Crippen LogP contribution in [0.1, 0.15) is 26.3 Å². The van der Waals surface area contributed by atoms with Crippen molar-refractivity contribution in [2.24, 2.45) is 0 Å². The summed E-state index contributed by atoms with van der Waals surface area (Å²) in [5.74, 6) is -0.245. The SMILES string of the molecule is CC(C)(C)OC(=O)N1CCOCC1CNCc1ccc(F)cc1. The molecule has 1 saturated heterocycles. The van der Waals surface area contributed by atoms with Crippen molar-refractivity contribution in [3.05, 3.63) is 35.6 Å². The summed E-state index contributed by atoms with van der Waals surface area (Å²) in [6.45, 7) is 8.30. The van der Waals surface area contributed by atoms with Gasteiger partial charge in [-0.1, -0.05) is 12.1 Å². The van der Waals surface area contributed by atoms with E-state index >= 15 is 0 Å². The van der Waals surface area contributed by atoms with Gasteiger partial charge < -0.3 is 14.8 Å². The minimum absolute atomic E-state index is 0.0703. The van der Waals surface area contributed by atoms with E-state index in [-0.39, 0.29) is 18.0 Å². The molecule has 1 atom stereocenters. The topological polar surface area (TPSA) is 50.8 Å². The molecule has 1 N–H and O–H groups in total. The maximum Gasteiger partial charge on any atom is 0.410 e. The Kier molecular flexibility index (Phi) is 5.96. The molecule has 23 heavy (non-hydrogen) atoms. The van der Waals surface area contributed by atoms with E-state index in [0.717, 1.165) is 5.56 Å². The molecular formula is C17H25FN2O3. The predicted octanol–water partition coefficient (Wildman–Crippen LogP) is 2.55. The largest absolute Gasteiger partial charge is 0.444 e. The number of hydrogen-bond acceptors (Lipinski definition) is 4. The first-order chi connectivity index (χ1) is 10.8. The molecule has 1 aromatic rings. The highest BCUT2D eigenvalue weighted by molar-refractivity contribution is 5.68. The van der Waals surface area contributed by atoms with E-state index in [1.807, 2.05) is 20.8 Å². The molecule has 0 aromatic heterocycles. The van der Waals surface area contributed by atoms with Crippen molar-refractivity contribution in [1.29, 1.82) is 0 Å². The van der Waals surface area contributed by atoms with Crippen LogP contribution >= 0.6 is 0 Å². The summed E-state index contributed by atoms with van der Waals surface area (Å²) in [6.07, 6.45) is -0.311. The van der Waals surface area contributed by atoms with Gasteiger partial charge >= 0.3 is 6.09 Å². The van der Waals surface area contributed by atoms with Gasteiger partial charge in [0.15, 0.2) is 0 Å². The zero-order valence-electron chi connectivity index (χ0n) is 14.0. The standard InChI is InChI=1S/C17H25FN2O3/c1-17(2,3)23-16(21)20-8-9-22-12-15(20)11-19-10-13-4-6-14(18)7-5-13/h4-7,15,19H,8-12H2,1-3H3. The Morgan fingerprint density at radius 1 is 1.39 bits per heavy atom. The number of nitrogens with zero attached hydrogens (tertiary/aromatic N) is 1. The Morgan fingerprint density at radius 3 is 2.74 bits per heavy atom. The summed E-state index contributed by atoms with van der Waals surface area (Å²) in [5.41, 5.74) is 0.480. The Bertz CT molecular complexity index is 514.